The van der Waals surface area contributed by atoms with E-state index in [0.717, 1.165) is 5.56 Å². The number of hydrogen-bond acceptors (Lipinski definition) is 5. The van der Waals surface area contributed by atoms with Crippen LogP contribution in [0.15, 0.2) is 53.7 Å². The van der Waals surface area contributed by atoms with Gasteiger partial charge >= 0.3 is 0 Å². The summed E-state index contributed by atoms with van der Waals surface area (Å²) in [6, 6.07) is 9.61. The molecule has 1 aliphatic heterocycles. The van der Waals surface area contributed by atoms with Crippen LogP contribution in [0.4, 0.5) is 0 Å². The summed E-state index contributed by atoms with van der Waals surface area (Å²) >= 11 is 0. The molecule has 148 valence electrons. The summed E-state index contributed by atoms with van der Waals surface area (Å²) in [7, 11) is -3.73. The van der Waals surface area contributed by atoms with E-state index in [1.54, 1.807) is 35.5 Å². The monoisotopic (exact) mass is 402 g/mol. The summed E-state index contributed by atoms with van der Waals surface area (Å²) in [5.41, 5.74) is 1.12. The third kappa shape index (κ3) is 4.55. The largest absolute Gasteiger partial charge is 0.348 e. The Bertz CT molecular complexity index is 955. The molecule has 9 heteroatoms. The first-order valence-electron chi connectivity index (χ1n) is 8.91. The Labute approximate surface area is 164 Å². The zero-order chi connectivity index (χ0) is 20.1. The lowest BCUT2D eigenvalue weighted by molar-refractivity contribution is -0.129. The molecule has 1 aromatic carbocycles. The summed E-state index contributed by atoms with van der Waals surface area (Å²) < 4.78 is 27.1. The molecular weight excluding hydrogens is 380 g/mol. The average molecular weight is 402 g/mol. The van der Waals surface area contributed by atoms with E-state index in [2.05, 4.69) is 10.3 Å². The third-order valence-electron chi connectivity index (χ3n) is 4.59. The van der Waals surface area contributed by atoms with Gasteiger partial charge < -0.3 is 10.2 Å². The van der Waals surface area contributed by atoms with Crippen LogP contribution in [0.2, 0.25) is 0 Å². The third-order valence-corrected chi connectivity index (χ3v) is 6.49. The zero-order valence-electron chi connectivity index (χ0n) is 15.5. The van der Waals surface area contributed by atoms with E-state index in [0.29, 0.717) is 19.6 Å². The fraction of sp³-hybridized carbons (Fsp3) is 0.316. The number of rotatable bonds is 5. The van der Waals surface area contributed by atoms with E-state index in [9.17, 15) is 18.0 Å². The van der Waals surface area contributed by atoms with E-state index in [1.165, 1.54) is 23.4 Å². The van der Waals surface area contributed by atoms with Crippen LogP contribution in [0.25, 0.3) is 0 Å². The molecule has 0 bridgehead atoms. The lowest BCUT2D eigenvalue weighted by Crippen LogP contribution is -2.49. The quantitative estimate of drug-likeness (QED) is 0.800. The molecule has 2 aromatic rings. The standard InChI is InChI=1S/C19H22N4O4S/c1-15(24)22-8-10-23(11-9-22)28(26,27)18-6-2-5-17(12-18)19(25)21-14-16-4-3-7-20-13-16/h2-7,12-13H,8-11,14H2,1H3,(H,21,25). The van der Waals surface area contributed by atoms with E-state index >= 15 is 0 Å². The minimum absolute atomic E-state index is 0.0654. The summed E-state index contributed by atoms with van der Waals surface area (Å²) in [6.45, 7) is 2.97. The second kappa shape index (κ2) is 8.49. The average Bonchev–Trinajstić information content (AvgIpc) is 2.73. The maximum atomic E-state index is 12.9. The van der Waals surface area contributed by atoms with Crippen LogP contribution in [0.3, 0.4) is 0 Å². The maximum Gasteiger partial charge on any atom is 0.251 e. The number of nitrogens with one attached hydrogen (secondary N) is 1. The number of hydrogen-bond donors (Lipinski definition) is 1. The summed E-state index contributed by atoms with van der Waals surface area (Å²) in [4.78, 5) is 29.5. The van der Waals surface area contributed by atoms with Crippen LogP contribution >= 0.6 is 0 Å². The van der Waals surface area contributed by atoms with Gasteiger partial charge in [-0.3, -0.25) is 14.6 Å². The molecule has 0 atom stereocenters. The summed E-state index contributed by atoms with van der Waals surface area (Å²) in [5.74, 6) is -0.424. The molecule has 0 unspecified atom stereocenters. The molecule has 1 aromatic heterocycles. The Kier molecular flexibility index (Phi) is 6.05. The van der Waals surface area contributed by atoms with Crippen molar-refractivity contribution in [1.82, 2.24) is 19.5 Å². The van der Waals surface area contributed by atoms with Crippen molar-refractivity contribution in [1.29, 1.82) is 0 Å². The highest BCUT2D eigenvalue weighted by atomic mass is 32.2. The van der Waals surface area contributed by atoms with Crippen molar-refractivity contribution in [2.45, 2.75) is 18.4 Å². The molecule has 28 heavy (non-hydrogen) atoms. The van der Waals surface area contributed by atoms with Crippen LogP contribution in [0.1, 0.15) is 22.8 Å². The second-order valence-corrected chi connectivity index (χ2v) is 8.42. The minimum Gasteiger partial charge on any atom is -0.348 e. The van der Waals surface area contributed by atoms with Crippen LogP contribution < -0.4 is 5.32 Å². The number of piperazine rings is 1. The summed E-state index contributed by atoms with van der Waals surface area (Å²) in [5, 5.41) is 2.76. The number of sulfonamides is 1. The van der Waals surface area contributed by atoms with Gasteiger partial charge in [0.05, 0.1) is 4.90 Å². The lowest BCUT2D eigenvalue weighted by Gasteiger charge is -2.33. The molecule has 8 nitrogen and oxygen atoms in total. The minimum atomic E-state index is -3.73. The van der Waals surface area contributed by atoms with Crippen molar-refractivity contribution in [3.63, 3.8) is 0 Å². The number of nitrogens with zero attached hydrogens (tertiary/aromatic N) is 3. The molecule has 2 amide bonds. The van der Waals surface area contributed by atoms with Crippen molar-refractivity contribution < 1.29 is 18.0 Å². The van der Waals surface area contributed by atoms with Crippen molar-refractivity contribution in [2.75, 3.05) is 26.2 Å². The Morgan fingerprint density at radius 3 is 2.50 bits per heavy atom. The van der Waals surface area contributed by atoms with Gasteiger partial charge in [0.25, 0.3) is 5.91 Å². The molecule has 0 radical (unpaired) electrons. The molecule has 1 aliphatic rings. The Balaban J connectivity index is 1.69. The Morgan fingerprint density at radius 1 is 1.11 bits per heavy atom. The second-order valence-electron chi connectivity index (χ2n) is 6.48. The molecule has 2 heterocycles. The summed E-state index contributed by atoms with van der Waals surface area (Å²) in [6.07, 6.45) is 3.30. The van der Waals surface area contributed by atoms with E-state index in [4.69, 9.17) is 0 Å². The van der Waals surface area contributed by atoms with E-state index in [1.807, 2.05) is 6.07 Å². The fourth-order valence-corrected chi connectivity index (χ4v) is 4.45. The molecule has 3 rings (SSSR count). The van der Waals surface area contributed by atoms with Gasteiger partial charge in [-0.25, -0.2) is 8.42 Å². The van der Waals surface area contributed by atoms with Gasteiger partial charge in [-0.05, 0) is 29.8 Å². The highest BCUT2D eigenvalue weighted by Gasteiger charge is 2.29. The van der Waals surface area contributed by atoms with Crippen molar-refractivity contribution in [3.05, 3.63) is 59.9 Å². The molecular formula is C19H22N4O4S. The molecule has 0 saturated carbocycles. The predicted molar refractivity (Wildman–Crippen MR) is 103 cm³/mol. The van der Waals surface area contributed by atoms with E-state index in [-0.39, 0.29) is 35.4 Å². The fourth-order valence-electron chi connectivity index (χ4n) is 2.98. The number of pyridine rings is 1. The first-order valence-corrected chi connectivity index (χ1v) is 10.3. The van der Waals surface area contributed by atoms with Crippen LogP contribution in [0, 0.1) is 0 Å². The van der Waals surface area contributed by atoms with Crippen molar-refractivity contribution in [2.24, 2.45) is 0 Å². The zero-order valence-corrected chi connectivity index (χ0v) is 16.4. The SMILES string of the molecule is CC(=O)N1CCN(S(=O)(=O)c2cccc(C(=O)NCc3cccnc3)c2)CC1. The molecule has 1 N–H and O–H groups in total. The number of benzene rings is 1. The molecule has 0 spiro atoms. The van der Waals surface area contributed by atoms with Gasteiger partial charge in [0.2, 0.25) is 15.9 Å². The van der Waals surface area contributed by atoms with Crippen LogP contribution in [-0.2, 0) is 21.4 Å². The highest BCUT2D eigenvalue weighted by molar-refractivity contribution is 7.89. The first-order chi connectivity index (χ1) is 13.4. The molecule has 0 aliphatic carbocycles. The van der Waals surface area contributed by atoms with Gasteiger partial charge in [-0.2, -0.15) is 4.31 Å². The predicted octanol–water partition coefficient (Wildman–Crippen LogP) is 0.864. The van der Waals surface area contributed by atoms with Gasteiger partial charge in [0.1, 0.15) is 0 Å². The van der Waals surface area contributed by atoms with Gasteiger partial charge in [0, 0.05) is 57.6 Å². The number of carbonyl (C=O) groups is 2. The normalized spacial score (nSPS) is 15.2. The van der Waals surface area contributed by atoms with Gasteiger partial charge in [-0.15, -0.1) is 0 Å². The number of carbonyl (C=O) groups excluding carboxylic acids is 2. The lowest BCUT2D eigenvalue weighted by atomic mass is 10.2. The van der Waals surface area contributed by atoms with Crippen molar-refractivity contribution >= 4 is 21.8 Å². The Hall–Kier alpha value is -2.78. The number of aromatic nitrogens is 1. The molecule has 1 saturated heterocycles. The van der Waals surface area contributed by atoms with Gasteiger partial charge in [-0.1, -0.05) is 12.1 Å². The Morgan fingerprint density at radius 2 is 1.86 bits per heavy atom. The van der Waals surface area contributed by atoms with Crippen LogP contribution in [0.5, 0.6) is 0 Å². The highest BCUT2D eigenvalue weighted by Crippen LogP contribution is 2.19. The van der Waals surface area contributed by atoms with Crippen LogP contribution in [-0.4, -0.2) is 60.6 Å². The topological polar surface area (TPSA) is 99.7 Å². The molecule has 1 fully saturated rings. The first kappa shape index (κ1) is 20.0. The maximum absolute atomic E-state index is 12.9. The van der Waals surface area contributed by atoms with E-state index < -0.39 is 10.0 Å². The number of amides is 2. The van der Waals surface area contributed by atoms with Crippen molar-refractivity contribution in [3.8, 4) is 0 Å². The smallest absolute Gasteiger partial charge is 0.251 e. The van der Waals surface area contributed by atoms with Gasteiger partial charge in [0.15, 0.2) is 0 Å².